The quantitative estimate of drug-likeness (QED) is 0.865. The van der Waals surface area contributed by atoms with Crippen LogP contribution in [0.1, 0.15) is 31.2 Å². The second kappa shape index (κ2) is 6.56. The first kappa shape index (κ1) is 15.9. The Labute approximate surface area is 130 Å². The highest BCUT2D eigenvalue weighted by Gasteiger charge is 2.29. The molecule has 4 nitrogen and oxygen atoms in total. The second-order valence-corrected chi connectivity index (χ2v) is 6.31. The Balaban J connectivity index is 2.00. The molecule has 1 fully saturated rings. The highest BCUT2D eigenvalue weighted by molar-refractivity contribution is 9.10. The summed E-state index contributed by atoms with van der Waals surface area (Å²) in [5, 5.41) is 11.8. The number of carbonyl (C=O) groups excluding carboxylic acids is 1. The van der Waals surface area contributed by atoms with Crippen LogP contribution >= 0.6 is 15.9 Å². The molecule has 0 bridgehead atoms. The van der Waals surface area contributed by atoms with Gasteiger partial charge in [0.1, 0.15) is 5.82 Å². The van der Waals surface area contributed by atoms with Gasteiger partial charge in [0.05, 0.1) is 10.4 Å². The first-order valence-corrected chi connectivity index (χ1v) is 7.67. The van der Waals surface area contributed by atoms with E-state index in [-0.39, 0.29) is 23.6 Å². The summed E-state index contributed by atoms with van der Waals surface area (Å²) in [5.41, 5.74) is 1.23. The normalized spacial score (nSPS) is 21.9. The van der Waals surface area contributed by atoms with Crippen molar-refractivity contribution in [3.8, 4) is 0 Å². The SMILES string of the molecule is Cc1cc(F)c(Br)cc1NC(=O)C1CCC(C(=O)O)CC1. The number of rotatable bonds is 3. The lowest BCUT2D eigenvalue weighted by Crippen LogP contribution is -2.29. The molecule has 1 amide bonds. The maximum Gasteiger partial charge on any atom is 0.306 e. The van der Waals surface area contributed by atoms with E-state index in [4.69, 9.17) is 5.11 Å². The molecule has 114 valence electrons. The van der Waals surface area contributed by atoms with Gasteiger partial charge in [-0.25, -0.2) is 4.39 Å². The lowest BCUT2D eigenvalue weighted by atomic mass is 9.81. The summed E-state index contributed by atoms with van der Waals surface area (Å²) < 4.78 is 13.7. The number of benzene rings is 1. The standard InChI is InChI=1S/C15H17BrFNO3/c1-8-6-12(17)11(16)7-13(8)18-14(19)9-2-4-10(5-3-9)15(20)21/h6-7,9-10H,2-5H2,1H3,(H,18,19)(H,20,21). The van der Waals surface area contributed by atoms with Crippen molar-refractivity contribution in [1.29, 1.82) is 0 Å². The zero-order chi connectivity index (χ0) is 15.6. The Morgan fingerprint density at radius 1 is 1.24 bits per heavy atom. The van der Waals surface area contributed by atoms with Gasteiger partial charge in [0.25, 0.3) is 0 Å². The maximum atomic E-state index is 13.4. The van der Waals surface area contributed by atoms with Gasteiger partial charge in [-0.1, -0.05) is 0 Å². The average Bonchev–Trinajstić information content (AvgIpc) is 2.44. The molecule has 1 aromatic rings. The summed E-state index contributed by atoms with van der Waals surface area (Å²) in [7, 11) is 0. The number of amides is 1. The van der Waals surface area contributed by atoms with Gasteiger partial charge in [-0.15, -0.1) is 0 Å². The Morgan fingerprint density at radius 2 is 1.81 bits per heavy atom. The van der Waals surface area contributed by atoms with E-state index in [1.807, 2.05) is 0 Å². The molecule has 1 aliphatic rings. The van der Waals surface area contributed by atoms with E-state index in [1.165, 1.54) is 6.07 Å². The van der Waals surface area contributed by atoms with E-state index >= 15 is 0 Å². The van der Waals surface area contributed by atoms with E-state index in [2.05, 4.69) is 21.2 Å². The van der Waals surface area contributed by atoms with Gasteiger partial charge >= 0.3 is 5.97 Å². The third-order valence-electron chi connectivity index (χ3n) is 3.97. The summed E-state index contributed by atoms with van der Waals surface area (Å²) in [6.45, 7) is 1.73. The fourth-order valence-corrected chi connectivity index (χ4v) is 2.96. The minimum atomic E-state index is -0.785. The molecule has 6 heteroatoms. The number of halogens is 2. The minimum absolute atomic E-state index is 0.125. The van der Waals surface area contributed by atoms with Crippen molar-refractivity contribution in [2.45, 2.75) is 32.6 Å². The van der Waals surface area contributed by atoms with Crippen molar-refractivity contribution >= 4 is 33.5 Å². The van der Waals surface area contributed by atoms with Crippen LogP contribution in [-0.4, -0.2) is 17.0 Å². The number of hydrogen-bond acceptors (Lipinski definition) is 2. The summed E-state index contributed by atoms with van der Waals surface area (Å²) in [5.74, 6) is -1.79. The summed E-state index contributed by atoms with van der Waals surface area (Å²) in [6.07, 6.45) is 2.20. The number of carboxylic acid groups (broad SMARTS) is 1. The monoisotopic (exact) mass is 357 g/mol. The van der Waals surface area contributed by atoms with Crippen LogP contribution in [0.3, 0.4) is 0 Å². The van der Waals surface area contributed by atoms with Gasteiger partial charge in [-0.05, 0) is 66.2 Å². The van der Waals surface area contributed by atoms with Crippen molar-refractivity contribution < 1.29 is 19.1 Å². The van der Waals surface area contributed by atoms with E-state index in [0.29, 0.717) is 41.4 Å². The molecule has 0 spiro atoms. The number of hydrogen-bond donors (Lipinski definition) is 2. The van der Waals surface area contributed by atoms with Gasteiger partial charge in [-0.3, -0.25) is 9.59 Å². The Bertz CT molecular complexity index is 568. The van der Waals surface area contributed by atoms with Crippen molar-refractivity contribution in [2.75, 3.05) is 5.32 Å². The molecule has 2 N–H and O–H groups in total. The van der Waals surface area contributed by atoms with E-state index in [9.17, 15) is 14.0 Å². The van der Waals surface area contributed by atoms with Gasteiger partial charge in [0.2, 0.25) is 5.91 Å². The minimum Gasteiger partial charge on any atom is -0.481 e. The smallest absolute Gasteiger partial charge is 0.306 e. The first-order chi connectivity index (χ1) is 9.88. The van der Waals surface area contributed by atoms with Gasteiger partial charge in [0, 0.05) is 11.6 Å². The highest BCUT2D eigenvalue weighted by Crippen LogP contribution is 2.31. The van der Waals surface area contributed by atoms with E-state index < -0.39 is 5.97 Å². The van der Waals surface area contributed by atoms with Gasteiger partial charge in [0.15, 0.2) is 0 Å². The zero-order valence-electron chi connectivity index (χ0n) is 11.7. The van der Waals surface area contributed by atoms with E-state index in [0.717, 1.165) is 0 Å². The number of carboxylic acids is 1. The highest BCUT2D eigenvalue weighted by atomic mass is 79.9. The van der Waals surface area contributed by atoms with Crippen LogP contribution < -0.4 is 5.32 Å². The topological polar surface area (TPSA) is 66.4 Å². The summed E-state index contributed by atoms with van der Waals surface area (Å²) >= 11 is 3.10. The van der Waals surface area contributed by atoms with Crippen molar-refractivity contribution in [1.82, 2.24) is 0 Å². The van der Waals surface area contributed by atoms with Crippen LogP contribution in [-0.2, 0) is 9.59 Å². The average molecular weight is 358 g/mol. The molecule has 1 aliphatic carbocycles. The predicted octanol–water partition coefficient (Wildman–Crippen LogP) is 3.73. The lowest BCUT2D eigenvalue weighted by molar-refractivity contribution is -0.143. The molecule has 1 aromatic carbocycles. The van der Waals surface area contributed by atoms with Crippen LogP contribution in [0, 0.1) is 24.6 Å². The molecule has 0 unspecified atom stereocenters. The number of anilines is 1. The number of aryl methyl sites for hydroxylation is 1. The van der Waals surface area contributed by atoms with Crippen molar-refractivity contribution in [3.05, 3.63) is 28.0 Å². The van der Waals surface area contributed by atoms with Crippen LogP contribution in [0.15, 0.2) is 16.6 Å². The molecule has 0 saturated heterocycles. The van der Waals surface area contributed by atoms with E-state index in [1.54, 1.807) is 13.0 Å². The third-order valence-corrected chi connectivity index (χ3v) is 4.58. The molecule has 0 aromatic heterocycles. The Morgan fingerprint density at radius 3 is 2.38 bits per heavy atom. The summed E-state index contributed by atoms with van der Waals surface area (Å²) in [6, 6.07) is 2.91. The zero-order valence-corrected chi connectivity index (χ0v) is 13.2. The molecular formula is C15H17BrFNO3. The van der Waals surface area contributed by atoms with Crippen LogP contribution in [0.25, 0.3) is 0 Å². The molecule has 21 heavy (non-hydrogen) atoms. The third kappa shape index (κ3) is 3.81. The molecule has 0 aliphatic heterocycles. The van der Waals surface area contributed by atoms with Crippen LogP contribution in [0.2, 0.25) is 0 Å². The summed E-state index contributed by atoms with van der Waals surface area (Å²) in [4.78, 5) is 23.1. The number of aliphatic carboxylic acids is 1. The number of carbonyl (C=O) groups is 2. The predicted molar refractivity (Wildman–Crippen MR) is 80.6 cm³/mol. The van der Waals surface area contributed by atoms with Gasteiger partial charge < -0.3 is 10.4 Å². The fraction of sp³-hybridized carbons (Fsp3) is 0.467. The Hall–Kier alpha value is -1.43. The lowest BCUT2D eigenvalue weighted by Gasteiger charge is -2.25. The molecular weight excluding hydrogens is 341 g/mol. The Kier molecular flexibility index (Phi) is 4.98. The van der Waals surface area contributed by atoms with Crippen molar-refractivity contribution in [2.24, 2.45) is 11.8 Å². The molecule has 2 rings (SSSR count). The van der Waals surface area contributed by atoms with Gasteiger partial charge in [-0.2, -0.15) is 0 Å². The molecule has 0 atom stereocenters. The molecule has 0 radical (unpaired) electrons. The second-order valence-electron chi connectivity index (χ2n) is 5.46. The maximum absolute atomic E-state index is 13.4. The molecule has 0 heterocycles. The van der Waals surface area contributed by atoms with Crippen LogP contribution in [0.4, 0.5) is 10.1 Å². The largest absolute Gasteiger partial charge is 0.481 e. The van der Waals surface area contributed by atoms with Crippen LogP contribution in [0.5, 0.6) is 0 Å². The number of nitrogens with one attached hydrogen (secondary N) is 1. The van der Waals surface area contributed by atoms with Crippen molar-refractivity contribution in [3.63, 3.8) is 0 Å². The fourth-order valence-electron chi connectivity index (χ4n) is 2.62. The molecule has 1 saturated carbocycles. The first-order valence-electron chi connectivity index (χ1n) is 6.87.